The Balaban J connectivity index is 2.49. The minimum absolute atomic E-state index is 0.202. The van der Waals surface area contributed by atoms with Crippen molar-refractivity contribution in [3.8, 4) is 0 Å². The van der Waals surface area contributed by atoms with Crippen LogP contribution in [0.5, 0.6) is 0 Å². The van der Waals surface area contributed by atoms with Crippen molar-refractivity contribution in [2.24, 2.45) is 0 Å². The quantitative estimate of drug-likeness (QED) is 0.650. The smallest absolute Gasteiger partial charge is 0.384 e. The van der Waals surface area contributed by atoms with E-state index in [2.05, 4.69) is 31.9 Å². The standard InChI is InChI=1S/C13H9Br2F3OS/c1-6-8(5-11(15)20-6)12(19)9-4-7(13(16,17)18)2-3-10(9)14/h2-5,12,19H,1H3. The van der Waals surface area contributed by atoms with Gasteiger partial charge in [0.05, 0.1) is 9.35 Å². The molecule has 108 valence electrons. The predicted molar refractivity (Wildman–Crippen MR) is 80.0 cm³/mol. The van der Waals surface area contributed by atoms with Gasteiger partial charge in [-0.15, -0.1) is 11.3 Å². The van der Waals surface area contributed by atoms with Crippen molar-refractivity contribution in [3.05, 3.63) is 54.1 Å². The van der Waals surface area contributed by atoms with Crippen molar-refractivity contribution in [1.29, 1.82) is 0 Å². The first kappa shape index (κ1) is 16.0. The van der Waals surface area contributed by atoms with Crippen LogP contribution in [-0.4, -0.2) is 5.11 Å². The summed E-state index contributed by atoms with van der Waals surface area (Å²) in [7, 11) is 0. The number of alkyl halides is 3. The molecular formula is C13H9Br2F3OS. The summed E-state index contributed by atoms with van der Waals surface area (Å²) in [4.78, 5) is 0.855. The monoisotopic (exact) mass is 428 g/mol. The van der Waals surface area contributed by atoms with Crippen LogP contribution in [0.15, 0.2) is 32.5 Å². The van der Waals surface area contributed by atoms with Crippen molar-refractivity contribution >= 4 is 43.2 Å². The lowest BCUT2D eigenvalue weighted by atomic mass is 10.0. The Hall–Kier alpha value is -0.370. The Labute approximate surface area is 134 Å². The Kier molecular flexibility index (Phi) is 4.63. The normalized spacial score (nSPS) is 13.6. The van der Waals surface area contributed by atoms with Crippen molar-refractivity contribution in [3.63, 3.8) is 0 Å². The zero-order valence-corrected chi connectivity index (χ0v) is 14.1. The first-order valence-corrected chi connectivity index (χ1v) is 7.91. The third-order valence-electron chi connectivity index (χ3n) is 2.84. The van der Waals surface area contributed by atoms with E-state index in [1.54, 1.807) is 6.07 Å². The van der Waals surface area contributed by atoms with E-state index >= 15 is 0 Å². The summed E-state index contributed by atoms with van der Waals surface area (Å²) < 4.78 is 39.5. The maximum atomic E-state index is 12.7. The molecule has 7 heteroatoms. The van der Waals surface area contributed by atoms with Gasteiger partial charge in [0.1, 0.15) is 6.10 Å². The summed E-state index contributed by atoms with van der Waals surface area (Å²) in [6, 6.07) is 4.98. The fourth-order valence-corrected chi connectivity index (χ4v) is 4.03. The molecule has 1 nitrogen and oxygen atoms in total. The molecule has 1 atom stereocenters. The Morgan fingerprint density at radius 1 is 1.15 bits per heavy atom. The molecule has 0 radical (unpaired) electrons. The largest absolute Gasteiger partial charge is 0.416 e. The predicted octanol–water partition coefficient (Wildman–Crippen LogP) is 5.68. The number of hydrogen-bond donors (Lipinski definition) is 1. The summed E-state index contributed by atoms with van der Waals surface area (Å²) in [6.45, 7) is 1.81. The van der Waals surface area contributed by atoms with Crippen molar-refractivity contribution in [1.82, 2.24) is 0 Å². The van der Waals surface area contributed by atoms with Gasteiger partial charge in [-0.1, -0.05) is 15.9 Å². The number of aliphatic hydroxyl groups is 1. The van der Waals surface area contributed by atoms with Crippen molar-refractivity contribution in [2.45, 2.75) is 19.2 Å². The van der Waals surface area contributed by atoms with Crippen LogP contribution < -0.4 is 0 Å². The van der Waals surface area contributed by atoms with Gasteiger partial charge in [0, 0.05) is 9.35 Å². The number of rotatable bonds is 2. The van der Waals surface area contributed by atoms with Gasteiger partial charge in [-0.2, -0.15) is 13.2 Å². The van der Waals surface area contributed by atoms with E-state index in [4.69, 9.17) is 0 Å². The number of halogens is 5. The van der Waals surface area contributed by atoms with Gasteiger partial charge in [-0.05, 0) is 58.2 Å². The summed E-state index contributed by atoms with van der Waals surface area (Å²) in [6.07, 6.45) is -5.53. The van der Waals surface area contributed by atoms with E-state index in [1.807, 2.05) is 6.92 Å². The number of benzene rings is 1. The molecule has 1 heterocycles. The highest BCUT2D eigenvalue weighted by Crippen LogP contribution is 2.38. The van der Waals surface area contributed by atoms with Crippen LogP contribution in [0, 0.1) is 6.92 Å². The number of aliphatic hydroxyl groups excluding tert-OH is 1. The number of hydrogen-bond acceptors (Lipinski definition) is 2. The van der Waals surface area contributed by atoms with Gasteiger partial charge in [-0.3, -0.25) is 0 Å². The Morgan fingerprint density at radius 3 is 2.30 bits per heavy atom. The molecule has 2 aromatic rings. The van der Waals surface area contributed by atoms with E-state index in [9.17, 15) is 18.3 Å². The second-order valence-electron chi connectivity index (χ2n) is 4.20. The minimum Gasteiger partial charge on any atom is -0.384 e. The second-order valence-corrected chi connectivity index (χ2v) is 7.69. The molecule has 0 saturated carbocycles. The molecular weight excluding hydrogens is 421 g/mol. The lowest BCUT2D eigenvalue weighted by molar-refractivity contribution is -0.137. The molecule has 1 aromatic carbocycles. The van der Waals surface area contributed by atoms with Gasteiger partial charge in [-0.25, -0.2) is 0 Å². The first-order valence-electron chi connectivity index (χ1n) is 5.50. The topological polar surface area (TPSA) is 20.2 Å². The maximum absolute atomic E-state index is 12.7. The molecule has 2 rings (SSSR count). The third-order valence-corrected chi connectivity index (χ3v) is 5.13. The fourth-order valence-electron chi connectivity index (χ4n) is 1.83. The van der Waals surface area contributed by atoms with Gasteiger partial charge < -0.3 is 5.11 Å². The summed E-state index contributed by atoms with van der Waals surface area (Å²) >= 11 is 7.92. The van der Waals surface area contributed by atoms with Crippen LogP contribution in [-0.2, 0) is 6.18 Å². The van der Waals surface area contributed by atoms with E-state index in [-0.39, 0.29) is 5.56 Å². The van der Waals surface area contributed by atoms with Gasteiger partial charge in [0.15, 0.2) is 0 Å². The van der Waals surface area contributed by atoms with E-state index in [0.717, 1.165) is 20.8 Å². The van der Waals surface area contributed by atoms with E-state index in [1.165, 1.54) is 17.4 Å². The third kappa shape index (κ3) is 3.27. The fraction of sp³-hybridized carbons (Fsp3) is 0.231. The molecule has 0 aliphatic heterocycles. The van der Waals surface area contributed by atoms with Crippen LogP contribution in [0.3, 0.4) is 0 Å². The molecule has 0 aliphatic carbocycles. The zero-order valence-electron chi connectivity index (χ0n) is 10.1. The zero-order chi connectivity index (χ0) is 15.1. The van der Waals surface area contributed by atoms with Crippen molar-refractivity contribution in [2.75, 3.05) is 0 Å². The maximum Gasteiger partial charge on any atom is 0.416 e. The Morgan fingerprint density at radius 2 is 1.80 bits per heavy atom. The molecule has 0 saturated heterocycles. The first-order chi connectivity index (χ1) is 9.20. The average molecular weight is 430 g/mol. The van der Waals surface area contributed by atoms with Crippen molar-refractivity contribution < 1.29 is 18.3 Å². The van der Waals surface area contributed by atoms with E-state index < -0.39 is 17.8 Å². The highest BCUT2D eigenvalue weighted by Gasteiger charge is 2.32. The highest BCUT2D eigenvalue weighted by atomic mass is 79.9. The van der Waals surface area contributed by atoms with Crippen LogP contribution >= 0.6 is 43.2 Å². The molecule has 0 aliphatic rings. The molecule has 1 N–H and O–H groups in total. The Bertz CT molecular complexity index is 637. The molecule has 1 aromatic heterocycles. The lowest BCUT2D eigenvalue weighted by Crippen LogP contribution is -2.08. The van der Waals surface area contributed by atoms with Crippen LogP contribution in [0.1, 0.15) is 27.7 Å². The van der Waals surface area contributed by atoms with E-state index in [0.29, 0.717) is 10.0 Å². The minimum atomic E-state index is -4.43. The van der Waals surface area contributed by atoms with Gasteiger partial charge in [0.2, 0.25) is 0 Å². The highest BCUT2D eigenvalue weighted by molar-refractivity contribution is 9.11. The average Bonchev–Trinajstić information content (AvgIpc) is 2.66. The summed E-state index contributed by atoms with van der Waals surface area (Å²) in [5, 5.41) is 10.3. The second kappa shape index (κ2) is 5.79. The molecule has 1 unspecified atom stereocenters. The van der Waals surface area contributed by atoms with Crippen LogP contribution in [0.4, 0.5) is 13.2 Å². The SMILES string of the molecule is Cc1sc(Br)cc1C(O)c1cc(C(F)(F)F)ccc1Br. The molecule has 0 bridgehead atoms. The van der Waals surface area contributed by atoms with Crippen LogP contribution in [0.25, 0.3) is 0 Å². The lowest BCUT2D eigenvalue weighted by Gasteiger charge is -2.15. The molecule has 0 fully saturated rings. The molecule has 20 heavy (non-hydrogen) atoms. The molecule has 0 spiro atoms. The van der Waals surface area contributed by atoms with Gasteiger partial charge >= 0.3 is 6.18 Å². The summed E-state index contributed by atoms with van der Waals surface area (Å²) in [5.41, 5.74) is 0.0248. The van der Waals surface area contributed by atoms with Gasteiger partial charge in [0.25, 0.3) is 0 Å². The summed E-state index contributed by atoms with van der Waals surface area (Å²) in [5.74, 6) is 0. The van der Waals surface area contributed by atoms with Crippen LogP contribution in [0.2, 0.25) is 0 Å². The molecule has 0 amide bonds. The number of thiophene rings is 1. The number of aryl methyl sites for hydroxylation is 1.